The van der Waals surface area contributed by atoms with Gasteiger partial charge in [0.15, 0.2) is 5.78 Å². The number of rotatable bonds is 5. The van der Waals surface area contributed by atoms with Crippen LogP contribution in [0.25, 0.3) is 5.65 Å². The van der Waals surface area contributed by atoms with Gasteiger partial charge in [-0.15, -0.1) is 0 Å². The van der Waals surface area contributed by atoms with Gasteiger partial charge in [0.1, 0.15) is 12.3 Å². The van der Waals surface area contributed by atoms with E-state index in [2.05, 4.69) is 4.98 Å². The quantitative estimate of drug-likeness (QED) is 0.351. The molecule has 0 N–H and O–H groups in total. The molecule has 5 nitrogen and oxygen atoms in total. The zero-order valence-electron chi connectivity index (χ0n) is 15.6. The van der Waals surface area contributed by atoms with Gasteiger partial charge in [-0.1, -0.05) is 59.6 Å². The lowest BCUT2D eigenvalue weighted by Crippen LogP contribution is -2.12. The van der Waals surface area contributed by atoms with E-state index in [9.17, 15) is 9.59 Å². The predicted molar refractivity (Wildman–Crippen MR) is 110 cm³/mol. The number of pyridine rings is 1. The first-order valence-electron chi connectivity index (χ1n) is 9.02. The van der Waals surface area contributed by atoms with Gasteiger partial charge in [-0.3, -0.25) is 4.79 Å². The van der Waals surface area contributed by atoms with E-state index >= 15 is 0 Å². The summed E-state index contributed by atoms with van der Waals surface area (Å²) in [4.78, 5) is 29.9. The highest BCUT2D eigenvalue weighted by Gasteiger charge is 2.19. The topological polar surface area (TPSA) is 60.7 Å². The molecule has 0 saturated heterocycles. The van der Waals surface area contributed by atoms with E-state index < -0.39 is 5.97 Å². The van der Waals surface area contributed by atoms with Crippen LogP contribution in [0.2, 0.25) is 5.02 Å². The molecule has 0 spiro atoms. The van der Waals surface area contributed by atoms with E-state index in [0.717, 1.165) is 5.56 Å². The summed E-state index contributed by atoms with van der Waals surface area (Å²) < 4.78 is 7.18. The van der Waals surface area contributed by atoms with Gasteiger partial charge in [0.25, 0.3) is 0 Å². The highest BCUT2D eigenvalue weighted by molar-refractivity contribution is 6.30. The van der Waals surface area contributed by atoms with Crippen LogP contribution in [0.1, 0.15) is 37.5 Å². The molecule has 2 heterocycles. The number of esters is 1. The lowest BCUT2D eigenvalue weighted by atomic mass is 9.98. The average Bonchev–Trinajstić information content (AvgIpc) is 3.14. The van der Waals surface area contributed by atoms with Crippen LogP contribution >= 0.6 is 11.6 Å². The molecule has 0 saturated carbocycles. The normalized spacial score (nSPS) is 10.8. The number of aromatic nitrogens is 2. The maximum atomic E-state index is 12.9. The fourth-order valence-electron chi connectivity index (χ4n) is 3.02. The molecule has 29 heavy (non-hydrogen) atoms. The molecule has 4 rings (SSSR count). The molecular formula is C23H17ClN2O3. The first-order valence-corrected chi connectivity index (χ1v) is 9.40. The Labute approximate surface area is 172 Å². The molecule has 0 aliphatic carbocycles. The Hall–Kier alpha value is -3.44. The van der Waals surface area contributed by atoms with Crippen LogP contribution in [0, 0.1) is 6.92 Å². The average molecular weight is 405 g/mol. The summed E-state index contributed by atoms with van der Waals surface area (Å²) in [7, 11) is 0. The van der Waals surface area contributed by atoms with Gasteiger partial charge < -0.3 is 9.14 Å². The summed E-state index contributed by atoms with van der Waals surface area (Å²) in [6.07, 6.45) is 3.47. The number of hydrogen-bond acceptors (Lipinski definition) is 4. The van der Waals surface area contributed by atoms with E-state index in [1.165, 1.54) is 0 Å². The molecule has 6 heteroatoms. The number of imidazole rings is 1. The van der Waals surface area contributed by atoms with Gasteiger partial charge in [0.2, 0.25) is 0 Å². The monoisotopic (exact) mass is 404 g/mol. The number of carbonyl (C=O) groups is 2. The minimum Gasteiger partial charge on any atom is -0.455 e. The smallest absolute Gasteiger partial charge is 0.339 e. The standard InChI is InChI=1S/C23H17ClN2O3/c1-15-6-8-16(9-7-15)22(27)19-4-2-3-5-20(19)23(28)29-14-18-13-26-12-17(24)10-11-21(26)25-18/h2-13H,14H2,1H3. The largest absolute Gasteiger partial charge is 0.455 e. The molecule has 0 fully saturated rings. The summed E-state index contributed by atoms with van der Waals surface area (Å²) in [5, 5.41) is 0.585. The third kappa shape index (κ3) is 4.05. The Balaban J connectivity index is 1.54. The van der Waals surface area contributed by atoms with Crippen LogP contribution in [0.4, 0.5) is 0 Å². The lowest BCUT2D eigenvalue weighted by Gasteiger charge is -2.08. The summed E-state index contributed by atoms with van der Waals surface area (Å²) in [6.45, 7) is 1.94. The number of aryl methyl sites for hydroxylation is 1. The SMILES string of the molecule is Cc1ccc(C(=O)c2ccccc2C(=O)OCc2cn3cc(Cl)ccc3n2)cc1. The van der Waals surface area contributed by atoms with E-state index in [1.54, 1.807) is 65.3 Å². The lowest BCUT2D eigenvalue weighted by molar-refractivity contribution is 0.0466. The minimum atomic E-state index is -0.573. The Morgan fingerprint density at radius 1 is 0.966 bits per heavy atom. The van der Waals surface area contributed by atoms with Crippen LogP contribution < -0.4 is 0 Å². The van der Waals surface area contributed by atoms with Gasteiger partial charge in [-0.2, -0.15) is 0 Å². The molecule has 0 atom stereocenters. The van der Waals surface area contributed by atoms with Crippen molar-refractivity contribution in [2.75, 3.05) is 0 Å². The Morgan fingerprint density at radius 3 is 2.45 bits per heavy atom. The molecule has 2 aromatic carbocycles. The molecule has 0 bridgehead atoms. The maximum absolute atomic E-state index is 12.9. The third-order valence-electron chi connectivity index (χ3n) is 4.52. The minimum absolute atomic E-state index is 0.00874. The summed E-state index contributed by atoms with van der Waals surface area (Å²) in [6, 6.07) is 17.4. The number of hydrogen-bond donors (Lipinski definition) is 0. The van der Waals surface area contributed by atoms with E-state index in [4.69, 9.17) is 16.3 Å². The van der Waals surface area contributed by atoms with Gasteiger partial charge in [-0.25, -0.2) is 9.78 Å². The van der Waals surface area contributed by atoms with Crippen LogP contribution in [-0.2, 0) is 11.3 Å². The van der Waals surface area contributed by atoms with Crippen LogP contribution in [0.5, 0.6) is 0 Å². The molecule has 0 aliphatic heterocycles. The second-order valence-corrected chi connectivity index (χ2v) is 7.10. The molecule has 0 unspecified atom stereocenters. The number of halogens is 1. The number of ether oxygens (including phenoxy) is 1. The van der Waals surface area contributed by atoms with Crippen molar-refractivity contribution in [2.45, 2.75) is 13.5 Å². The molecule has 2 aromatic heterocycles. The van der Waals surface area contributed by atoms with Gasteiger partial charge >= 0.3 is 5.97 Å². The predicted octanol–water partition coefficient (Wildman–Crippen LogP) is 4.88. The molecule has 144 valence electrons. The van der Waals surface area contributed by atoms with Crippen LogP contribution in [0.3, 0.4) is 0 Å². The van der Waals surface area contributed by atoms with Crippen molar-refractivity contribution in [3.05, 3.63) is 106 Å². The van der Waals surface area contributed by atoms with Crippen molar-refractivity contribution in [1.29, 1.82) is 0 Å². The van der Waals surface area contributed by atoms with Crippen molar-refractivity contribution in [1.82, 2.24) is 9.38 Å². The molecule has 0 aliphatic rings. The van der Waals surface area contributed by atoms with Gasteiger partial charge in [0.05, 0.1) is 16.3 Å². The van der Waals surface area contributed by atoms with Crippen molar-refractivity contribution >= 4 is 29.0 Å². The number of carbonyl (C=O) groups excluding carboxylic acids is 2. The number of ketones is 1. The number of benzene rings is 2. The summed E-state index contributed by atoms with van der Waals surface area (Å²) in [5.41, 5.74) is 3.41. The second-order valence-electron chi connectivity index (χ2n) is 6.66. The summed E-state index contributed by atoms with van der Waals surface area (Å²) >= 11 is 5.98. The summed E-state index contributed by atoms with van der Waals surface area (Å²) in [5.74, 6) is -0.795. The molecular weight excluding hydrogens is 388 g/mol. The molecule has 0 amide bonds. The highest BCUT2D eigenvalue weighted by atomic mass is 35.5. The van der Waals surface area contributed by atoms with Crippen LogP contribution in [0.15, 0.2) is 73.1 Å². The first-order chi connectivity index (χ1) is 14.0. The van der Waals surface area contributed by atoms with E-state index in [1.807, 2.05) is 19.1 Å². The fourth-order valence-corrected chi connectivity index (χ4v) is 3.19. The van der Waals surface area contributed by atoms with E-state index in [-0.39, 0.29) is 18.0 Å². The first kappa shape index (κ1) is 18.9. The van der Waals surface area contributed by atoms with Crippen molar-refractivity contribution in [3.63, 3.8) is 0 Å². The Bertz CT molecular complexity index is 1210. The zero-order valence-corrected chi connectivity index (χ0v) is 16.4. The highest BCUT2D eigenvalue weighted by Crippen LogP contribution is 2.18. The second kappa shape index (κ2) is 7.89. The third-order valence-corrected chi connectivity index (χ3v) is 4.74. The van der Waals surface area contributed by atoms with Gasteiger partial charge in [-0.05, 0) is 25.1 Å². The van der Waals surface area contributed by atoms with Crippen LogP contribution in [-0.4, -0.2) is 21.1 Å². The zero-order chi connectivity index (χ0) is 20.4. The Kier molecular flexibility index (Phi) is 5.14. The van der Waals surface area contributed by atoms with Gasteiger partial charge in [0, 0.05) is 23.5 Å². The van der Waals surface area contributed by atoms with Crippen molar-refractivity contribution in [3.8, 4) is 0 Å². The van der Waals surface area contributed by atoms with E-state index in [0.29, 0.717) is 27.5 Å². The van der Waals surface area contributed by atoms with Crippen molar-refractivity contribution < 1.29 is 14.3 Å². The molecule has 0 radical (unpaired) electrons. The Morgan fingerprint density at radius 2 is 1.69 bits per heavy atom. The fraction of sp³-hybridized carbons (Fsp3) is 0.0870. The molecule has 4 aromatic rings. The number of fused-ring (bicyclic) bond motifs is 1. The number of nitrogens with zero attached hydrogens (tertiary/aromatic N) is 2. The van der Waals surface area contributed by atoms with Crippen molar-refractivity contribution in [2.24, 2.45) is 0 Å². The maximum Gasteiger partial charge on any atom is 0.339 e.